The molecule has 1 aliphatic heterocycles. The number of H-pyrrole nitrogens is 1. The first kappa shape index (κ1) is 22.0. The number of aromatic nitrogens is 5. The fourth-order valence-corrected chi connectivity index (χ4v) is 5.06. The van der Waals surface area contributed by atoms with Gasteiger partial charge in [0.25, 0.3) is 5.56 Å². The summed E-state index contributed by atoms with van der Waals surface area (Å²) in [4.78, 5) is 29.0. The van der Waals surface area contributed by atoms with Gasteiger partial charge in [-0.1, -0.05) is 13.0 Å². The first-order chi connectivity index (χ1) is 16.5. The van der Waals surface area contributed by atoms with Crippen LogP contribution in [0.2, 0.25) is 0 Å². The van der Waals surface area contributed by atoms with Crippen LogP contribution in [0, 0.1) is 11.3 Å². The highest BCUT2D eigenvalue weighted by Gasteiger charge is 2.35. The van der Waals surface area contributed by atoms with E-state index >= 15 is 0 Å². The number of hydrogen-bond donors (Lipinski definition) is 1. The minimum absolute atomic E-state index is 0.166. The van der Waals surface area contributed by atoms with Crippen molar-refractivity contribution in [1.82, 2.24) is 29.5 Å². The number of rotatable bonds is 5. The van der Waals surface area contributed by atoms with Crippen LogP contribution >= 0.6 is 0 Å². The zero-order valence-electron chi connectivity index (χ0n) is 19.6. The molecular formula is C25H28N8O. The van der Waals surface area contributed by atoms with Crippen LogP contribution in [0.3, 0.4) is 0 Å². The summed E-state index contributed by atoms with van der Waals surface area (Å²) in [5, 5.41) is 13.7. The largest absolute Gasteiger partial charge is 0.351 e. The summed E-state index contributed by atoms with van der Waals surface area (Å²) in [7, 11) is 0. The summed E-state index contributed by atoms with van der Waals surface area (Å²) in [6, 6.07) is 12.5. The summed E-state index contributed by atoms with van der Waals surface area (Å²) in [6.45, 7) is 8.26. The van der Waals surface area contributed by atoms with Crippen molar-refractivity contribution in [3.8, 4) is 6.07 Å². The molecule has 1 fully saturated rings. The zero-order valence-corrected chi connectivity index (χ0v) is 19.6. The third-order valence-electron chi connectivity index (χ3n) is 6.87. The van der Waals surface area contributed by atoms with Crippen LogP contribution in [0.4, 0.5) is 5.82 Å². The van der Waals surface area contributed by atoms with Gasteiger partial charge in [-0.15, -0.1) is 0 Å². The van der Waals surface area contributed by atoms with Gasteiger partial charge in [-0.2, -0.15) is 10.4 Å². The Morgan fingerprint density at radius 1 is 1.18 bits per heavy atom. The average molecular weight is 457 g/mol. The molecule has 4 aromatic rings. The van der Waals surface area contributed by atoms with Gasteiger partial charge in [0, 0.05) is 55.7 Å². The van der Waals surface area contributed by atoms with Crippen LogP contribution in [0.5, 0.6) is 0 Å². The molecule has 5 rings (SSSR count). The number of nitriles is 1. The van der Waals surface area contributed by atoms with E-state index in [1.165, 1.54) is 5.56 Å². The van der Waals surface area contributed by atoms with Gasteiger partial charge in [-0.05, 0) is 38.0 Å². The van der Waals surface area contributed by atoms with Gasteiger partial charge in [0.1, 0.15) is 11.5 Å². The summed E-state index contributed by atoms with van der Waals surface area (Å²) in [5.41, 5.74) is 4.12. The molecule has 3 aromatic heterocycles. The molecule has 1 N–H and O–H groups in total. The molecule has 1 unspecified atom stereocenters. The summed E-state index contributed by atoms with van der Waals surface area (Å²) < 4.78 is 1.76. The topological polar surface area (TPSA) is 106 Å². The van der Waals surface area contributed by atoms with Crippen LogP contribution in [0.25, 0.3) is 16.7 Å². The molecule has 0 amide bonds. The molecule has 9 heteroatoms. The predicted molar refractivity (Wildman–Crippen MR) is 131 cm³/mol. The van der Waals surface area contributed by atoms with Crippen LogP contribution < -0.4 is 10.5 Å². The Morgan fingerprint density at radius 3 is 2.74 bits per heavy atom. The van der Waals surface area contributed by atoms with Gasteiger partial charge in [0.2, 0.25) is 0 Å². The van der Waals surface area contributed by atoms with Gasteiger partial charge in [-0.3, -0.25) is 19.7 Å². The van der Waals surface area contributed by atoms with E-state index < -0.39 is 0 Å². The third-order valence-corrected chi connectivity index (χ3v) is 6.87. The van der Waals surface area contributed by atoms with E-state index in [9.17, 15) is 4.79 Å². The zero-order chi connectivity index (χ0) is 23.8. The van der Waals surface area contributed by atoms with Crippen molar-refractivity contribution >= 4 is 22.5 Å². The number of anilines is 1. The van der Waals surface area contributed by atoms with Crippen LogP contribution in [0.15, 0.2) is 47.5 Å². The van der Waals surface area contributed by atoms with Crippen molar-refractivity contribution in [3.05, 3.63) is 64.3 Å². The minimum Gasteiger partial charge on any atom is -0.351 e. The molecule has 3 atom stereocenters. The Morgan fingerprint density at radius 2 is 1.97 bits per heavy atom. The summed E-state index contributed by atoms with van der Waals surface area (Å²) in [6.07, 6.45) is 4.63. The molecule has 9 nitrogen and oxygen atoms in total. The van der Waals surface area contributed by atoms with E-state index in [1.54, 1.807) is 29.0 Å². The van der Waals surface area contributed by atoms with Crippen molar-refractivity contribution in [2.24, 2.45) is 0 Å². The number of nitrogens with one attached hydrogen (secondary N) is 1. The van der Waals surface area contributed by atoms with Gasteiger partial charge in [0.15, 0.2) is 0 Å². The number of fused-ring (bicyclic) bond motifs is 2. The Balaban J connectivity index is 1.46. The molecule has 1 aromatic carbocycles. The van der Waals surface area contributed by atoms with E-state index in [-0.39, 0.29) is 24.1 Å². The molecule has 1 saturated heterocycles. The molecule has 34 heavy (non-hydrogen) atoms. The maximum Gasteiger partial charge on any atom is 0.253 e. The Bertz CT molecular complexity index is 1430. The number of benzene rings is 1. The molecule has 0 radical (unpaired) electrons. The predicted octanol–water partition coefficient (Wildman–Crippen LogP) is 3.08. The lowest BCUT2D eigenvalue weighted by Gasteiger charge is -2.48. The summed E-state index contributed by atoms with van der Waals surface area (Å²) >= 11 is 0. The molecule has 0 spiro atoms. The first-order valence-corrected chi connectivity index (χ1v) is 11.7. The standard InChI is InChI=1S/C25H28N8O/c1-4-20-15-31(25-13-24(34)29-23-12-19(7-8-26)30-33(23)25)16(2)14-32(20)17(3)18-5-6-21-22(11-18)28-10-9-27-21/h5-6,9-13,16-17,20H,4,7,14-15H2,1-3H3,(H,29,34)/t16-,17?,20+/m0/s1. The average Bonchev–Trinajstić information content (AvgIpc) is 3.25. The maximum absolute atomic E-state index is 12.4. The van der Waals surface area contributed by atoms with Crippen molar-refractivity contribution in [1.29, 1.82) is 5.26 Å². The Labute approximate surface area is 197 Å². The second kappa shape index (κ2) is 8.88. The molecule has 0 saturated carbocycles. The molecule has 0 aliphatic carbocycles. The molecule has 4 heterocycles. The highest BCUT2D eigenvalue weighted by Crippen LogP contribution is 2.31. The van der Waals surface area contributed by atoms with Crippen LogP contribution in [0.1, 0.15) is 44.5 Å². The van der Waals surface area contributed by atoms with Gasteiger partial charge in [-0.25, -0.2) is 4.52 Å². The number of hydrogen-bond acceptors (Lipinski definition) is 7. The lowest BCUT2D eigenvalue weighted by Crippen LogP contribution is -2.58. The van der Waals surface area contributed by atoms with Gasteiger partial charge in [0.05, 0.1) is 29.2 Å². The van der Waals surface area contributed by atoms with Gasteiger partial charge < -0.3 is 9.88 Å². The van der Waals surface area contributed by atoms with Crippen molar-refractivity contribution in [3.63, 3.8) is 0 Å². The molecular weight excluding hydrogens is 428 g/mol. The van der Waals surface area contributed by atoms with Crippen molar-refractivity contribution in [2.75, 3.05) is 18.0 Å². The lowest BCUT2D eigenvalue weighted by atomic mass is 9.98. The quantitative estimate of drug-likeness (QED) is 0.492. The monoisotopic (exact) mass is 456 g/mol. The Kier molecular flexibility index (Phi) is 5.75. The van der Waals surface area contributed by atoms with Crippen LogP contribution in [-0.4, -0.2) is 54.6 Å². The SMILES string of the molecule is CC[C@@H]1CN(c2cc(=O)[nH]c3cc(CC#N)nn23)[C@@H](C)CN1C(C)c1ccc2nccnc2c1. The molecule has 0 bridgehead atoms. The highest BCUT2D eigenvalue weighted by molar-refractivity contribution is 5.74. The molecule has 1 aliphatic rings. The normalized spacial score (nSPS) is 20.0. The number of piperazine rings is 1. The van der Waals surface area contributed by atoms with Crippen molar-refractivity contribution in [2.45, 2.75) is 51.7 Å². The highest BCUT2D eigenvalue weighted by atomic mass is 16.1. The van der Waals surface area contributed by atoms with E-state index in [0.29, 0.717) is 17.4 Å². The first-order valence-electron chi connectivity index (χ1n) is 11.7. The lowest BCUT2D eigenvalue weighted by molar-refractivity contribution is 0.105. The summed E-state index contributed by atoms with van der Waals surface area (Å²) in [5.74, 6) is 0.766. The molecule has 174 valence electrons. The van der Waals surface area contributed by atoms with E-state index in [4.69, 9.17) is 5.26 Å². The second-order valence-electron chi connectivity index (χ2n) is 9.00. The number of nitrogens with zero attached hydrogens (tertiary/aromatic N) is 7. The number of aromatic amines is 1. The van der Waals surface area contributed by atoms with Crippen LogP contribution in [-0.2, 0) is 6.42 Å². The Hall–Kier alpha value is -3.77. The smallest absolute Gasteiger partial charge is 0.253 e. The third kappa shape index (κ3) is 3.90. The fraction of sp³-hybridized carbons (Fsp3) is 0.400. The maximum atomic E-state index is 12.4. The van der Waals surface area contributed by atoms with E-state index in [0.717, 1.165) is 36.4 Å². The van der Waals surface area contributed by atoms with Crippen molar-refractivity contribution < 1.29 is 0 Å². The second-order valence-corrected chi connectivity index (χ2v) is 9.00. The van der Waals surface area contributed by atoms with E-state index in [2.05, 4.69) is 68.8 Å². The van der Waals surface area contributed by atoms with E-state index in [1.807, 2.05) is 6.07 Å². The minimum atomic E-state index is -0.167. The van der Waals surface area contributed by atoms with Gasteiger partial charge >= 0.3 is 0 Å². The fourth-order valence-electron chi connectivity index (χ4n) is 5.06.